The van der Waals surface area contributed by atoms with Crippen LogP contribution >= 0.6 is 11.8 Å². The molecule has 1 aromatic rings. The zero-order valence-corrected chi connectivity index (χ0v) is 13.7. The third kappa shape index (κ3) is 4.10. The van der Waals surface area contributed by atoms with Gasteiger partial charge in [-0.25, -0.2) is 0 Å². The summed E-state index contributed by atoms with van der Waals surface area (Å²) in [5, 5.41) is 3.48. The van der Waals surface area contributed by atoms with Crippen molar-refractivity contribution in [1.29, 1.82) is 0 Å². The Morgan fingerprint density at radius 3 is 2.36 bits per heavy atom. The van der Waals surface area contributed by atoms with Crippen LogP contribution in [0.5, 0.6) is 0 Å². The number of thioether (sulfide) groups is 1. The summed E-state index contributed by atoms with van der Waals surface area (Å²) in [6, 6.07) is 7.93. The highest BCUT2D eigenvalue weighted by Crippen LogP contribution is 2.21. The van der Waals surface area contributed by atoms with E-state index in [4.69, 9.17) is 0 Å². The van der Waals surface area contributed by atoms with Gasteiger partial charge in [0.05, 0.1) is 5.92 Å². The van der Waals surface area contributed by atoms with Gasteiger partial charge >= 0.3 is 0 Å². The van der Waals surface area contributed by atoms with Crippen LogP contribution in [-0.2, 0) is 16.0 Å². The average molecular weight is 320 g/mol. The van der Waals surface area contributed by atoms with Gasteiger partial charge in [0, 0.05) is 0 Å². The predicted octanol–water partition coefficient (Wildman–Crippen LogP) is 2.41. The lowest BCUT2D eigenvalue weighted by atomic mass is 9.96. The molecule has 0 saturated carbocycles. The number of amides is 3. The third-order valence-corrected chi connectivity index (χ3v) is 4.36. The van der Waals surface area contributed by atoms with Gasteiger partial charge in [-0.3, -0.25) is 19.7 Å². The Morgan fingerprint density at radius 1 is 1.23 bits per heavy atom. The van der Waals surface area contributed by atoms with E-state index in [1.165, 1.54) is 5.56 Å². The van der Waals surface area contributed by atoms with Crippen LogP contribution in [0.15, 0.2) is 24.3 Å². The lowest BCUT2D eigenvalue weighted by Gasteiger charge is -2.15. The number of carbonyl (C=O) groups is 3. The van der Waals surface area contributed by atoms with Gasteiger partial charge in [-0.2, -0.15) is 0 Å². The van der Waals surface area contributed by atoms with E-state index in [1.54, 1.807) is 6.92 Å². The zero-order chi connectivity index (χ0) is 16.3. The molecule has 2 rings (SSSR count). The molecule has 3 amide bonds. The molecule has 2 unspecified atom stereocenters. The molecule has 0 aromatic heterocycles. The van der Waals surface area contributed by atoms with Crippen molar-refractivity contribution in [2.45, 2.75) is 38.5 Å². The first-order chi connectivity index (χ1) is 10.4. The number of benzene rings is 1. The molecule has 2 N–H and O–H groups in total. The molecule has 1 heterocycles. The van der Waals surface area contributed by atoms with E-state index >= 15 is 0 Å². The Labute approximate surface area is 134 Å². The summed E-state index contributed by atoms with van der Waals surface area (Å²) < 4.78 is 0. The van der Waals surface area contributed by atoms with Gasteiger partial charge in [0.25, 0.3) is 11.1 Å². The fourth-order valence-electron chi connectivity index (χ4n) is 2.27. The molecule has 1 aliphatic heterocycles. The molecule has 1 aliphatic rings. The Hall–Kier alpha value is -1.82. The van der Waals surface area contributed by atoms with E-state index in [0.717, 1.165) is 23.7 Å². The number of carbonyl (C=O) groups excluding carboxylic acids is 3. The fourth-order valence-corrected chi connectivity index (χ4v) is 2.99. The van der Waals surface area contributed by atoms with Crippen molar-refractivity contribution >= 4 is 28.8 Å². The van der Waals surface area contributed by atoms with Crippen LogP contribution in [0.3, 0.4) is 0 Å². The van der Waals surface area contributed by atoms with Gasteiger partial charge in [-0.15, -0.1) is 0 Å². The molecule has 0 bridgehead atoms. The zero-order valence-electron chi connectivity index (χ0n) is 12.9. The Bertz CT molecular complexity index is 584. The average Bonchev–Trinajstić information content (AvgIpc) is 2.76. The molecule has 0 radical (unpaired) electrons. The van der Waals surface area contributed by atoms with Crippen molar-refractivity contribution in [3.05, 3.63) is 35.4 Å². The van der Waals surface area contributed by atoms with E-state index in [2.05, 4.69) is 24.5 Å². The number of hydrogen-bond acceptors (Lipinski definition) is 4. The molecule has 0 spiro atoms. The summed E-state index contributed by atoms with van der Waals surface area (Å²) >= 11 is 0.792. The molecule has 2 atom stereocenters. The SMILES string of the molecule is CC(C)Cc1ccc(C(C)C(=O)NC2SC(=O)NC2=O)cc1. The van der Waals surface area contributed by atoms with Crippen LogP contribution in [0.25, 0.3) is 0 Å². The molecule has 1 fully saturated rings. The topological polar surface area (TPSA) is 75.3 Å². The standard InChI is InChI=1S/C16H20N2O3S/c1-9(2)8-11-4-6-12(7-5-11)10(3)13(19)17-15-14(20)18-16(21)22-15/h4-7,9-10,15H,8H2,1-3H3,(H,17,19)(H,18,20,21). The van der Waals surface area contributed by atoms with Crippen molar-refractivity contribution in [3.8, 4) is 0 Å². The Balaban J connectivity index is 1.98. The highest BCUT2D eigenvalue weighted by Gasteiger charge is 2.33. The van der Waals surface area contributed by atoms with Gasteiger partial charge < -0.3 is 5.32 Å². The molecule has 1 saturated heterocycles. The van der Waals surface area contributed by atoms with Gasteiger partial charge in [0.2, 0.25) is 5.91 Å². The van der Waals surface area contributed by atoms with Crippen molar-refractivity contribution < 1.29 is 14.4 Å². The number of imide groups is 1. The summed E-state index contributed by atoms with van der Waals surface area (Å²) in [6.45, 7) is 6.11. The van der Waals surface area contributed by atoms with Crippen LogP contribution in [-0.4, -0.2) is 22.4 Å². The maximum atomic E-state index is 12.2. The first-order valence-corrected chi connectivity index (χ1v) is 8.15. The smallest absolute Gasteiger partial charge is 0.288 e. The van der Waals surface area contributed by atoms with Gasteiger partial charge in [0.15, 0.2) is 5.37 Å². The first-order valence-electron chi connectivity index (χ1n) is 7.27. The first kappa shape index (κ1) is 16.5. The van der Waals surface area contributed by atoms with Crippen molar-refractivity contribution in [3.63, 3.8) is 0 Å². The summed E-state index contributed by atoms with van der Waals surface area (Å²) in [7, 11) is 0. The quantitative estimate of drug-likeness (QED) is 0.873. The van der Waals surface area contributed by atoms with Crippen LogP contribution in [0.2, 0.25) is 0 Å². The Kier molecular flexibility index (Phi) is 5.24. The number of rotatable bonds is 5. The van der Waals surface area contributed by atoms with E-state index in [1.807, 2.05) is 24.3 Å². The minimum atomic E-state index is -0.831. The maximum absolute atomic E-state index is 12.2. The van der Waals surface area contributed by atoms with E-state index < -0.39 is 16.5 Å². The third-order valence-electron chi connectivity index (χ3n) is 3.48. The summed E-state index contributed by atoms with van der Waals surface area (Å²) in [6.07, 6.45) is 1.00. The molecule has 118 valence electrons. The van der Waals surface area contributed by atoms with E-state index in [0.29, 0.717) is 5.92 Å². The normalized spacial score (nSPS) is 19.2. The monoisotopic (exact) mass is 320 g/mol. The summed E-state index contributed by atoms with van der Waals surface area (Å²) in [4.78, 5) is 34.7. The molecule has 0 aliphatic carbocycles. The van der Waals surface area contributed by atoms with Gasteiger partial charge in [0.1, 0.15) is 0 Å². The van der Waals surface area contributed by atoms with E-state index in [9.17, 15) is 14.4 Å². The largest absolute Gasteiger partial charge is 0.335 e. The maximum Gasteiger partial charge on any atom is 0.288 e. The van der Waals surface area contributed by atoms with Crippen molar-refractivity contribution in [1.82, 2.24) is 10.6 Å². The van der Waals surface area contributed by atoms with Crippen LogP contribution in [0, 0.1) is 5.92 Å². The van der Waals surface area contributed by atoms with Gasteiger partial charge in [-0.1, -0.05) is 38.1 Å². The highest BCUT2D eigenvalue weighted by atomic mass is 32.2. The Morgan fingerprint density at radius 2 is 1.86 bits per heavy atom. The van der Waals surface area contributed by atoms with E-state index in [-0.39, 0.29) is 11.8 Å². The molecular formula is C16H20N2O3S. The molecule has 5 nitrogen and oxygen atoms in total. The second-order valence-corrected chi connectivity index (χ2v) is 6.92. The van der Waals surface area contributed by atoms with Crippen molar-refractivity contribution in [2.75, 3.05) is 0 Å². The fraction of sp³-hybridized carbons (Fsp3) is 0.438. The van der Waals surface area contributed by atoms with Crippen LogP contribution in [0.4, 0.5) is 4.79 Å². The second-order valence-electron chi connectivity index (χ2n) is 5.84. The summed E-state index contributed by atoms with van der Waals surface area (Å²) in [5.74, 6) is -0.527. The number of nitrogens with one attached hydrogen (secondary N) is 2. The molecular weight excluding hydrogens is 300 g/mol. The lowest BCUT2D eigenvalue weighted by Crippen LogP contribution is -2.40. The molecule has 6 heteroatoms. The molecule has 1 aromatic carbocycles. The predicted molar refractivity (Wildman–Crippen MR) is 86.5 cm³/mol. The highest BCUT2D eigenvalue weighted by molar-refractivity contribution is 8.15. The molecule has 22 heavy (non-hydrogen) atoms. The summed E-state index contributed by atoms with van der Waals surface area (Å²) in [5.41, 5.74) is 2.13. The van der Waals surface area contributed by atoms with Crippen LogP contribution < -0.4 is 10.6 Å². The lowest BCUT2D eigenvalue weighted by molar-refractivity contribution is -0.126. The van der Waals surface area contributed by atoms with Gasteiger partial charge in [-0.05, 0) is 42.2 Å². The second kappa shape index (κ2) is 6.96. The van der Waals surface area contributed by atoms with Crippen LogP contribution in [0.1, 0.15) is 37.8 Å². The minimum Gasteiger partial charge on any atom is -0.335 e. The van der Waals surface area contributed by atoms with Crippen molar-refractivity contribution in [2.24, 2.45) is 5.92 Å². The minimum absolute atomic E-state index is 0.265. The number of hydrogen-bond donors (Lipinski definition) is 2.